The lowest BCUT2D eigenvalue weighted by molar-refractivity contribution is 0.569. The second kappa shape index (κ2) is 5.01. The van der Waals surface area contributed by atoms with E-state index in [0.29, 0.717) is 0 Å². The van der Waals surface area contributed by atoms with Gasteiger partial charge in [-0.3, -0.25) is 0 Å². The molecular weight excluding hydrogens is 88.1 g/mol. The predicted molar refractivity (Wildman–Crippen MR) is 28.3 cm³/mol. The van der Waals surface area contributed by atoms with E-state index in [1.54, 1.807) is 5.94 Å². The third-order valence-electron chi connectivity index (χ3n) is 0.410. The molecule has 0 N–H and O–H groups in total. The molecule has 0 aromatic heterocycles. The monoisotopic (exact) mass is 94.0 g/mol. The summed E-state index contributed by atoms with van der Waals surface area (Å²) in [5, 5.41) is 0. The van der Waals surface area contributed by atoms with E-state index in [9.17, 15) is 4.79 Å². The van der Waals surface area contributed by atoms with Crippen LogP contribution < -0.4 is 0 Å². The van der Waals surface area contributed by atoms with E-state index in [1.165, 1.54) is 6.08 Å². The number of hydrogen-bond acceptors (Lipinski definition) is 1. The van der Waals surface area contributed by atoms with Crippen LogP contribution in [0.25, 0.3) is 0 Å². The third kappa shape index (κ3) is 5.01. The molecule has 1 nitrogen and oxygen atoms in total. The Hall–Kier alpha value is -0.990. The van der Waals surface area contributed by atoms with Crippen molar-refractivity contribution < 1.29 is 4.79 Å². The summed E-state index contributed by atoms with van der Waals surface area (Å²) in [6.45, 7) is 1.92. The summed E-state index contributed by atoms with van der Waals surface area (Å²) >= 11 is 0. The largest absolute Gasteiger partial charge is 0.233 e. The fourth-order valence-electron chi connectivity index (χ4n) is 0.183. The molecule has 0 heterocycles. The standard InChI is InChI=1S/C6H6O/c1-2-3-4-5-6-7/h5H,2H2,1H3. The predicted octanol–water partition coefficient (Wildman–Crippen LogP) is 0.788. The molecule has 0 aliphatic heterocycles. The zero-order valence-electron chi connectivity index (χ0n) is 4.19. The van der Waals surface area contributed by atoms with Gasteiger partial charge in [-0.1, -0.05) is 18.8 Å². The molecule has 0 rings (SSSR count). The average Bonchev–Trinajstić information content (AvgIpc) is 1.69. The van der Waals surface area contributed by atoms with Crippen molar-refractivity contribution in [2.75, 3.05) is 0 Å². The first-order valence-corrected chi connectivity index (χ1v) is 2.09. The van der Waals surface area contributed by atoms with Crippen LogP contribution in [0.3, 0.4) is 0 Å². The molecule has 36 valence electrons. The minimum absolute atomic E-state index is 0.790. The van der Waals surface area contributed by atoms with Crippen molar-refractivity contribution >= 4 is 5.94 Å². The van der Waals surface area contributed by atoms with Gasteiger partial charge in [-0.25, -0.2) is 4.79 Å². The van der Waals surface area contributed by atoms with Crippen LogP contribution in [0.15, 0.2) is 6.08 Å². The summed E-state index contributed by atoms with van der Waals surface area (Å²) in [6.07, 6.45) is 1.96. The summed E-state index contributed by atoms with van der Waals surface area (Å²) in [5.74, 6) is 6.72. The maximum absolute atomic E-state index is 9.40. The molecule has 0 spiro atoms. The van der Waals surface area contributed by atoms with Gasteiger partial charge in [-0.15, -0.1) is 0 Å². The highest BCUT2D eigenvalue weighted by Gasteiger charge is 1.54. The van der Waals surface area contributed by atoms with E-state index >= 15 is 0 Å². The van der Waals surface area contributed by atoms with E-state index in [-0.39, 0.29) is 0 Å². The summed E-state index contributed by atoms with van der Waals surface area (Å²) in [6, 6.07) is 0. The Kier molecular flexibility index (Phi) is 4.30. The zero-order chi connectivity index (χ0) is 5.54. The molecule has 0 saturated heterocycles. The molecule has 0 unspecified atom stereocenters. The molecule has 0 aliphatic rings. The van der Waals surface area contributed by atoms with Gasteiger partial charge in [0.05, 0.1) is 6.08 Å². The zero-order valence-corrected chi connectivity index (χ0v) is 4.19. The van der Waals surface area contributed by atoms with Crippen molar-refractivity contribution in [2.24, 2.45) is 0 Å². The molecule has 0 radical (unpaired) electrons. The fourth-order valence-corrected chi connectivity index (χ4v) is 0.183. The van der Waals surface area contributed by atoms with Crippen LogP contribution in [0, 0.1) is 11.8 Å². The summed E-state index contributed by atoms with van der Waals surface area (Å²) in [7, 11) is 0. The van der Waals surface area contributed by atoms with Gasteiger partial charge in [0.25, 0.3) is 0 Å². The van der Waals surface area contributed by atoms with Gasteiger partial charge in [-0.2, -0.15) is 0 Å². The van der Waals surface area contributed by atoms with Gasteiger partial charge in [0.15, 0.2) is 0 Å². The first-order valence-electron chi connectivity index (χ1n) is 2.09. The van der Waals surface area contributed by atoms with Crippen LogP contribution in [-0.4, -0.2) is 5.94 Å². The Morgan fingerprint density at radius 1 is 1.71 bits per heavy atom. The minimum Gasteiger partial charge on any atom is -0.233 e. The normalized spacial score (nSPS) is 5.29. The summed E-state index contributed by atoms with van der Waals surface area (Å²) < 4.78 is 0. The molecule has 7 heavy (non-hydrogen) atoms. The molecule has 1 heteroatoms. The molecule has 0 aliphatic carbocycles. The SMILES string of the molecule is CCC#CC=C=O. The fraction of sp³-hybridized carbons (Fsp3) is 0.333. The topological polar surface area (TPSA) is 17.1 Å². The lowest BCUT2D eigenvalue weighted by atomic mass is 10.5. The highest BCUT2D eigenvalue weighted by Crippen LogP contribution is 1.64. The molecule has 0 saturated carbocycles. The Morgan fingerprint density at radius 2 is 2.43 bits per heavy atom. The maximum Gasteiger partial charge on any atom is 0.133 e. The van der Waals surface area contributed by atoms with Gasteiger partial charge >= 0.3 is 0 Å². The van der Waals surface area contributed by atoms with Gasteiger partial charge in [0.2, 0.25) is 0 Å². The lowest BCUT2D eigenvalue weighted by Gasteiger charge is -1.59. The Morgan fingerprint density at radius 3 is 2.86 bits per heavy atom. The van der Waals surface area contributed by atoms with Crippen LogP contribution in [0.4, 0.5) is 0 Å². The molecule has 0 aromatic carbocycles. The second-order valence-corrected chi connectivity index (χ2v) is 0.937. The van der Waals surface area contributed by atoms with E-state index in [2.05, 4.69) is 11.8 Å². The van der Waals surface area contributed by atoms with Crippen molar-refractivity contribution in [2.45, 2.75) is 13.3 Å². The summed E-state index contributed by atoms with van der Waals surface area (Å²) in [4.78, 5) is 9.40. The van der Waals surface area contributed by atoms with Gasteiger partial charge in [0, 0.05) is 6.42 Å². The van der Waals surface area contributed by atoms with Crippen LogP contribution in [0.5, 0.6) is 0 Å². The Labute approximate surface area is 43.0 Å². The first kappa shape index (κ1) is 6.01. The van der Waals surface area contributed by atoms with E-state index in [1.807, 2.05) is 6.92 Å². The number of rotatable bonds is 0. The summed E-state index contributed by atoms with van der Waals surface area (Å²) in [5.41, 5.74) is 0. The Balaban J connectivity index is 3.45. The minimum atomic E-state index is 0.790. The molecule has 0 fully saturated rings. The highest BCUT2D eigenvalue weighted by atomic mass is 16.1. The lowest BCUT2D eigenvalue weighted by Crippen LogP contribution is -1.51. The highest BCUT2D eigenvalue weighted by molar-refractivity contribution is 5.51. The molecule has 0 bridgehead atoms. The van der Waals surface area contributed by atoms with Crippen LogP contribution in [0.1, 0.15) is 13.3 Å². The van der Waals surface area contributed by atoms with Crippen LogP contribution >= 0.6 is 0 Å². The number of carbonyl (C=O) groups excluding carboxylic acids is 1. The molecule has 0 atom stereocenters. The van der Waals surface area contributed by atoms with E-state index in [0.717, 1.165) is 6.42 Å². The molecular formula is C6H6O. The third-order valence-corrected chi connectivity index (χ3v) is 0.410. The Bertz CT molecular complexity index is 130. The van der Waals surface area contributed by atoms with Gasteiger partial charge in [0.1, 0.15) is 5.94 Å². The average molecular weight is 94.1 g/mol. The van der Waals surface area contributed by atoms with Gasteiger partial charge in [-0.05, 0) is 0 Å². The van der Waals surface area contributed by atoms with Crippen LogP contribution in [0.2, 0.25) is 0 Å². The van der Waals surface area contributed by atoms with Crippen LogP contribution in [-0.2, 0) is 4.79 Å². The van der Waals surface area contributed by atoms with Crippen molar-refractivity contribution in [1.82, 2.24) is 0 Å². The second-order valence-electron chi connectivity index (χ2n) is 0.937. The van der Waals surface area contributed by atoms with Gasteiger partial charge < -0.3 is 0 Å². The van der Waals surface area contributed by atoms with Crippen molar-refractivity contribution in [3.8, 4) is 11.8 Å². The van der Waals surface area contributed by atoms with Crippen molar-refractivity contribution in [3.63, 3.8) is 0 Å². The van der Waals surface area contributed by atoms with Crippen molar-refractivity contribution in [1.29, 1.82) is 0 Å². The molecule has 0 aromatic rings. The van der Waals surface area contributed by atoms with E-state index < -0.39 is 0 Å². The first-order chi connectivity index (χ1) is 3.41. The smallest absolute Gasteiger partial charge is 0.133 e. The maximum atomic E-state index is 9.40. The van der Waals surface area contributed by atoms with Crippen molar-refractivity contribution in [3.05, 3.63) is 6.08 Å². The number of hydrogen-bond donors (Lipinski definition) is 0. The number of allylic oxidation sites excluding steroid dienone is 1. The quantitative estimate of drug-likeness (QED) is 0.320. The molecule has 0 amide bonds. The van der Waals surface area contributed by atoms with E-state index in [4.69, 9.17) is 0 Å².